The largest absolute Gasteiger partial charge is 0.174 e. The predicted octanol–water partition coefficient (Wildman–Crippen LogP) is 3.76. The summed E-state index contributed by atoms with van der Waals surface area (Å²) in [6.45, 7) is 6.27. The molecule has 0 aliphatic heterocycles. The van der Waals surface area contributed by atoms with Gasteiger partial charge in [-0.2, -0.15) is 0 Å². The Labute approximate surface area is 104 Å². The molecule has 0 saturated heterocycles. The van der Waals surface area contributed by atoms with E-state index in [2.05, 4.69) is 42.2 Å². The Hall–Kier alpha value is -0.870. The minimum atomic E-state index is 0.973. The van der Waals surface area contributed by atoms with Crippen molar-refractivity contribution in [1.29, 1.82) is 0 Å². The molecule has 2 rings (SSSR count). The Morgan fingerprint density at radius 3 is 2.62 bits per heavy atom. The maximum atomic E-state index is 4.11. The van der Waals surface area contributed by atoms with Crippen molar-refractivity contribution in [3.8, 4) is 0 Å². The highest BCUT2D eigenvalue weighted by Crippen LogP contribution is 2.26. The molecule has 0 aliphatic carbocycles. The van der Waals surface area contributed by atoms with Crippen molar-refractivity contribution in [2.24, 2.45) is 0 Å². The number of nitrogens with zero attached hydrogens (tertiary/aromatic N) is 2. The Kier molecular flexibility index (Phi) is 3.61. The number of benzene rings is 1. The molecule has 4 heteroatoms. The van der Waals surface area contributed by atoms with Gasteiger partial charge in [0.05, 0.1) is 0 Å². The molecule has 0 fully saturated rings. The van der Waals surface area contributed by atoms with Gasteiger partial charge in [-0.15, -0.1) is 10.2 Å². The van der Waals surface area contributed by atoms with Crippen molar-refractivity contribution < 1.29 is 0 Å². The van der Waals surface area contributed by atoms with Gasteiger partial charge in [0.2, 0.25) is 0 Å². The number of hydrogen-bond donors (Lipinski definition) is 0. The molecule has 16 heavy (non-hydrogen) atoms. The van der Waals surface area contributed by atoms with Gasteiger partial charge in [0, 0.05) is 5.75 Å². The van der Waals surface area contributed by atoms with Crippen LogP contribution in [0.5, 0.6) is 0 Å². The van der Waals surface area contributed by atoms with E-state index in [0.29, 0.717) is 0 Å². The van der Waals surface area contributed by atoms with Crippen molar-refractivity contribution in [3.05, 3.63) is 39.9 Å². The zero-order valence-electron chi connectivity index (χ0n) is 9.65. The van der Waals surface area contributed by atoms with E-state index < -0.39 is 0 Å². The van der Waals surface area contributed by atoms with Crippen molar-refractivity contribution in [1.82, 2.24) is 10.2 Å². The fourth-order valence-electron chi connectivity index (χ4n) is 1.48. The molecule has 1 aromatic heterocycles. The van der Waals surface area contributed by atoms with Crippen LogP contribution in [0, 0.1) is 20.8 Å². The average Bonchev–Trinajstić information content (AvgIpc) is 2.63. The van der Waals surface area contributed by atoms with Gasteiger partial charge in [-0.05, 0) is 31.9 Å². The molecule has 2 nitrogen and oxygen atoms in total. The fourth-order valence-corrected chi connectivity index (χ4v) is 3.38. The topological polar surface area (TPSA) is 25.8 Å². The van der Waals surface area contributed by atoms with Gasteiger partial charge in [-0.3, -0.25) is 0 Å². The molecule has 0 saturated carbocycles. The second-order valence-corrected chi connectivity index (χ2v) is 6.21. The van der Waals surface area contributed by atoms with E-state index in [1.807, 2.05) is 6.92 Å². The van der Waals surface area contributed by atoms with Crippen LogP contribution in [0.15, 0.2) is 22.5 Å². The molecule has 0 radical (unpaired) electrons. The highest BCUT2D eigenvalue weighted by Gasteiger charge is 2.03. The van der Waals surface area contributed by atoms with Crippen LogP contribution in [0.4, 0.5) is 0 Å². The van der Waals surface area contributed by atoms with Crippen LogP contribution in [0.3, 0.4) is 0 Å². The summed E-state index contributed by atoms with van der Waals surface area (Å²) in [5.41, 5.74) is 4.05. The molecule has 0 N–H and O–H groups in total. The Bertz CT molecular complexity index is 492. The Morgan fingerprint density at radius 1 is 1.19 bits per heavy atom. The number of hydrogen-bond acceptors (Lipinski definition) is 4. The molecule has 1 heterocycles. The lowest BCUT2D eigenvalue weighted by atomic mass is 10.1. The van der Waals surface area contributed by atoms with Crippen LogP contribution < -0.4 is 0 Å². The molecular formula is C12H14N2S2. The molecule has 1 aromatic carbocycles. The lowest BCUT2D eigenvalue weighted by Crippen LogP contribution is -1.87. The molecule has 0 spiro atoms. The van der Waals surface area contributed by atoms with Gasteiger partial charge in [-0.25, -0.2) is 0 Å². The summed E-state index contributed by atoms with van der Waals surface area (Å²) in [7, 11) is 0. The van der Waals surface area contributed by atoms with Gasteiger partial charge in [0.1, 0.15) is 5.01 Å². The van der Waals surface area contributed by atoms with Crippen LogP contribution in [0.25, 0.3) is 0 Å². The first kappa shape index (κ1) is 11.6. The van der Waals surface area contributed by atoms with Crippen molar-refractivity contribution in [2.45, 2.75) is 30.9 Å². The lowest BCUT2D eigenvalue weighted by Gasteiger charge is -2.04. The van der Waals surface area contributed by atoms with Gasteiger partial charge in [0.25, 0.3) is 0 Å². The third-order valence-corrected chi connectivity index (χ3v) is 4.38. The van der Waals surface area contributed by atoms with Crippen molar-refractivity contribution in [2.75, 3.05) is 0 Å². The van der Waals surface area contributed by atoms with E-state index in [1.165, 1.54) is 16.7 Å². The standard InChI is InChI=1S/C12H14N2S2/c1-8-4-5-11(9(2)6-8)7-15-12-14-13-10(3)16-12/h4-6H,7H2,1-3H3. The van der Waals surface area contributed by atoms with E-state index in [1.54, 1.807) is 23.1 Å². The summed E-state index contributed by atoms with van der Waals surface area (Å²) in [5.74, 6) is 0.973. The predicted molar refractivity (Wildman–Crippen MR) is 70.1 cm³/mol. The van der Waals surface area contributed by atoms with Gasteiger partial charge in [0.15, 0.2) is 4.34 Å². The minimum Gasteiger partial charge on any atom is -0.143 e. The van der Waals surface area contributed by atoms with Crippen LogP contribution in [0.2, 0.25) is 0 Å². The summed E-state index contributed by atoms with van der Waals surface area (Å²) in [6, 6.07) is 6.58. The van der Waals surface area contributed by atoms with Crippen LogP contribution in [-0.2, 0) is 5.75 Å². The normalized spacial score (nSPS) is 10.7. The summed E-state index contributed by atoms with van der Waals surface area (Å²) in [4.78, 5) is 0. The number of aryl methyl sites for hydroxylation is 3. The Balaban J connectivity index is 2.04. The van der Waals surface area contributed by atoms with Crippen LogP contribution in [-0.4, -0.2) is 10.2 Å². The molecule has 0 bridgehead atoms. The maximum Gasteiger partial charge on any atom is 0.174 e. The van der Waals surface area contributed by atoms with Crippen LogP contribution >= 0.6 is 23.1 Å². The first-order chi connectivity index (χ1) is 7.65. The second-order valence-electron chi connectivity index (χ2n) is 3.81. The monoisotopic (exact) mass is 250 g/mol. The SMILES string of the molecule is Cc1ccc(CSc2nnc(C)s2)c(C)c1. The fraction of sp³-hybridized carbons (Fsp3) is 0.333. The molecule has 0 atom stereocenters. The zero-order valence-corrected chi connectivity index (χ0v) is 11.3. The first-order valence-electron chi connectivity index (χ1n) is 5.14. The third kappa shape index (κ3) is 2.83. The summed E-state index contributed by atoms with van der Waals surface area (Å²) >= 11 is 3.42. The van der Waals surface area contributed by atoms with E-state index in [4.69, 9.17) is 0 Å². The molecule has 0 amide bonds. The summed E-state index contributed by atoms with van der Waals surface area (Å²) in [6.07, 6.45) is 0. The summed E-state index contributed by atoms with van der Waals surface area (Å²) in [5, 5.41) is 9.15. The van der Waals surface area contributed by atoms with E-state index in [0.717, 1.165) is 15.1 Å². The number of aromatic nitrogens is 2. The molecule has 0 aliphatic rings. The average molecular weight is 250 g/mol. The zero-order chi connectivity index (χ0) is 11.5. The molecule has 2 aromatic rings. The number of rotatable bonds is 3. The minimum absolute atomic E-state index is 0.973. The van der Waals surface area contributed by atoms with Crippen molar-refractivity contribution >= 4 is 23.1 Å². The lowest BCUT2D eigenvalue weighted by molar-refractivity contribution is 0.983. The van der Waals surface area contributed by atoms with Gasteiger partial charge < -0.3 is 0 Å². The highest BCUT2D eigenvalue weighted by molar-refractivity contribution is 8.00. The second kappa shape index (κ2) is 4.97. The first-order valence-corrected chi connectivity index (χ1v) is 6.94. The smallest absolute Gasteiger partial charge is 0.143 e. The molecule has 0 unspecified atom stereocenters. The van der Waals surface area contributed by atoms with E-state index in [9.17, 15) is 0 Å². The maximum absolute atomic E-state index is 4.11. The Morgan fingerprint density at radius 2 is 2.00 bits per heavy atom. The molecular weight excluding hydrogens is 236 g/mol. The van der Waals surface area contributed by atoms with E-state index in [-0.39, 0.29) is 0 Å². The van der Waals surface area contributed by atoms with E-state index >= 15 is 0 Å². The number of thioether (sulfide) groups is 1. The van der Waals surface area contributed by atoms with Crippen LogP contribution in [0.1, 0.15) is 21.7 Å². The van der Waals surface area contributed by atoms with Gasteiger partial charge >= 0.3 is 0 Å². The third-order valence-electron chi connectivity index (χ3n) is 2.36. The quantitative estimate of drug-likeness (QED) is 0.776. The summed E-state index contributed by atoms with van der Waals surface area (Å²) < 4.78 is 1.05. The highest BCUT2D eigenvalue weighted by atomic mass is 32.2. The molecule has 84 valence electrons. The van der Waals surface area contributed by atoms with Gasteiger partial charge in [-0.1, -0.05) is 46.9 Å². The van der Waals surface area contributed by atoms with Crippen molar-refractivity contribution in [3.63, 3.8) is 0 Å².